The van der Waals surface area contributed by atoms with Crippen molar-refractivity contribution in [3.8, 4) is 0 Å². The van der Waals surface area contributed by atoms with Crippen LogP contribution >= 0.6 is 23.1 Å². The average Bonchev–Trinajstić information content (AvgIpc) is 2.74. The normalized spacial score (nSPS) is 12.4. The number of hydrogen-bond donors (Lipinski definition) is 1. The van der Waals surface area contributed by atoms with Crippen molar-refractivity contribution in [3.63, 3.8) is 0 Å². The summed E-state index contributed by atoms with van der Waals surface area (Å²) in [6, 6.07) is 4.76. The summed E-state index contributed by atoms with van der Waals surface area (Å²) in [6.07, 6.45) is -0.722. The van der Waals surface area contributed by atoms with Crippen molar-refractivity contribution in [1.82, 2.24) is 4.98 Å². The maximum atomic E-state index is 11.1. The largest absolute Gasteiger partial charge is 0.389 e. The van der Waals surface area contributed by atoms with Crippen molar-refractivity contribution >= 4 is 28.8 Å². The Balaban J connectivity index is 2.36. The molecule has 19 heavy (non-hydrogen) atoms. The van der Waals surface area contributed by atoms with Gasteiger partial charge in [0.25, 0.3) is 5.69 Å². The number of nitrogens with zero attached hydrogens (tertiary/aromatic N) is 2. The summed E-state index contributed by atoms with van der Waals surface area (Å²) in [4.78, 5) is 15.5. The zero-order chi connectivity index (χ0) is 14.0. The Morgan fingerprint density at radius 1 is 1.53 bits per heavy atom. The van der Waals surface area contributed by atoms with E-state index in [4.69, 9.17) is 0 Å². The van der Waals surface area contributed by atoms with Crippen LogP contribution in [0.15, 0.2) is 32.8 Å². The predicted molar refractivity (Wildman–Crippen MR) is 74.7 cm³/mol. The molecule has 0 spiro atoms. The second-order valence-electron chi connectivity index (χ2n) is 4.02. The number of aryl methyl sites for hydroxylation is 1. The van der Waals surface area contributed by atoms with E-state index >= 15 is 0 Å². The van der Waals surface area contributed by atoms with E-state index in [-0.39, 0.29) is 5.69 Å². The number of nitro groups is 1. The maximum absolute atomic E-state index is 11.1. The summed E-state index contributed by atoms with van der Waals surface area (Å²) in [7, 11) is 0. The molecule has 1 atom stereocenters. The molecule has 2 aromatic rings. The average molecular weight is 296 g/mol. The number of aliphatic hydroxyl groups is 1. The third-order valence-electron chi connectivity index (χ3n) is 2.46. The van der Waals surface area contributed by atoms with Crippen LogP contribution in [0.3, 0.4) is 0 Å². The Morgan fingerprint density at radius 2 is 2.26 bits per heavy atom. The van der Waals surface area contributed by atoms with Crippen LogP contribution in [0.1, 0.15) is 24.3 Å². The highest BCUT2D eigenvalue weighted by molar-refractivity contribution is 8.01. The Bertz CT molecular complexity index is 611. The Morgan fingerprint density at radius 3 is 2.79 bits per heavy atom. The van der Waals surface area contributed by atoms with Gasteiger partial charge in [-0.3, -0.25) is 10.1 Å². The summed E-state index contributed by atoms with van der Waals surface area (Å²) in [5.41, 5.74) is 1.43. The number of rotatable bonds is 4. The molecule has 0 saturated carbocycles. The van der Waals surface area contributed by atoms with Crippen molar-refractivity contribution in [2.75, 3.05) is 0 Å². The molecular weight excluding hydrogens is 284 g/mol. The summed E-state index contributed by atoms with van der Waals surface area (Å²) in [5, 5.41) is 22.5. The van der Waals surface area contributed by atoms with Gasteiger partial charge in [0.2, 0.25) is 0 Å². The molecule has 0 radical (unpaired) electrons. The molecule has 0 aliphatic rings. The highest BCUT2D eigenvalue weighted by Crippen LogP contribution is 2.37. The highest BCUT2D eigenvalue weighted by atomic mass is 32.2. The van der Waals surface area contributed by atoms with Crippen LogP contribution in [0.25, 0.3) is 0 Å². The third kappa shape index (κ3) is 3.31. The topological polar surface area (TPSA) is 76.3 Å². The Kier molecular flexibility index (Phi) is 4.18. The first kappa shape index (κ1) is 14.0. The number of aliphatic hydroxyl groups excluding tert-OH is 1. The Labute approximate surface area is 118 Å². The molecule has 7 heteroatoms. The molecule has 0 amide bonds. The minimum Gasteiger partial charge on any atom is -0.389 e. The fourth-order valence-electron chi connectivity index (χ4n) is 1.50. The van der Waals surface area contributed by atoms with Gasteiger partial charge < -0.3 is 5.11 Å². The predicted octanol–water partition coefficient (Wildman–Crippen LogP) is 3.56. The molecule has 0 aliphatic heterocycles. The van der Waals surface area contributed by atoms with E-state index in [9.17, 15) is 15.2 Å². The maximum Gasteiger partial charge on any atom is 0.283 e. The van der Waals surface area contributed by atoms with Crippen LogP contribution in [0.5, 0.6) is 0 Å². The molecule has 1 aromatic carbocycles. The number of thiazole rings is 1. The molecule has 0 unspecified atom stereocenters. The molecule has 2 rings (SSSR count). The molecule has 5 nitrogen and oxygen atoms in total. The van der Waals surface area contributed by atoms with E-state index in [2.05, 4.69) is 4.98 Å². The van der Waals surface area contributed by atoms with Gasteiger partial charge in [-0.25, -0.2) is 4.98 Å². The van der Waals surface area contributed by atoms with Crippen molar-refractivity contribution in [2.24, 2.45) is 0 Å². The molecule has 0 aliphatic carbocycles. The summed E-state index contributed by atoms with van der Waals surface area (Å²) < 4.78 is 0.769. The molecule has 1 heterocycles. The summed E-state index contributed by atoms with van der Waals surface area (Å²) in [6.45, 7) is 3.46. The molecule has 1 aromatic heterocycles. The quantitative estimate of drug-likeness (QED) is 0.689. The van der Waals surface area contributed by atoms with Gasteiger partial charge in [-0.1, -0.05) is 17.8 Å². The van der Waals surface area contributed by atoms with Gasteiger partial charge in [0, 0.05) is 17.1 Å². The minimum atomic E-state index is -0.722. The lowest BCUT2D eigenvalue weighted by molar-refractivity contribution is -0.387. The smallest absolute Gasteiger partial charge is 0.283 e. The zero-order valence-electron chi connectivity index (χ0n) is 10.4. The van der Waals surface area contributed by atoms with E-state index in [0.717, 1.165) is 10.0 Å². The summed E-state index contributed by atoms with van der Waals surface area (Å²) in [5.74, 6) is 0. The first-order valence-electron chi connectivity index (χ1n) is 5.53. The Hall–Kier alpha value is -1.44. The first-order chi connectivity index (χ1) is 8.97. The lowest BCUT2D eigenvalue weighted by atomic mass is 10.1. The van der Waals surface area contributed by atoms with Crippen LogP contribution in [-0.2, 0) is 0 Å². The van der Waals surface area contributed by atoms with Crippen molar-refractivity contribution in [3.05, 3.63) is 45.0 Å². The van der Waals surface area contributed by atoms with Crippen molar-refractivity contribution < 1.29 is 10.0 Å². The lowest BCUT2D eigenvalue weighted by Crippen LogP contribution is -1.96. The van der Waals surface area contributed by atoms with Crippen LogP contribution in [0.2, 0.25) is 0 Å². The van der Waals surface area contributed by atoms with Gasteiger partial charge in [-0.05, 0) is 25.5 Å². The van der Waals surface area contributed by atoms with Crippen LogP contribution in [0.4, 0.5) is 5.69 Å². The molecule has 0 fully saturated rings. The highest BCUT2D eigenvalue weighted by Gasteiger charge is 2.18. The SMILES string of the molecule is Cc1csc(Sc2ccc([C@@H](C)O)cc2[N+](=O)[O-])n1. The molecule has 100 valence electrons. The molecular formula is C12H12N2O3S2. The monoisotopic (exact) mass is 296 g/mol. The number of aromatic nitrogens is 1. The van der Waals surface area contributed by atoms with E-state index in [1.165, 1.54) is 29.2 Å². The number of hydrogen-bond acceptors (Lipinski definition) is 6. The number of nitro benzene ring substituents is 1. The fourth-order valence-corrected chi connectivity index (χ4v) is 3.38. The van der Waals surface area contributed by atoms with Crippen molar-refractivity contribution in [1.29, 1.82) is 0 Å². The van der Waals surface area contributed by atoms with Gasteiger partial charge in [0.1, 0.15) is 0 Å². The first-order valence-corrected chi connectivity index (χ1v) is 7.23. The molecule has 1 N–H and O–H groups in total. The molecule has 0 bridgehead atoms. The second kappa shape index (κ2) is 5.68. The summed E-state index contributed by atoms with van der Waals surface area (Å²) >= 11 is 2.72. The van der Waals surface area contributed by atoms with Gasteiger partial charge in [0.05, 0.1) is 15.9 Å². The van der Waals surface area contributed by atoms with E-state index in [1.807, 2.05) is 12.3 Å². The minimum absolute atomic E-state index is 0.00347. The lowest BCUT2D eigenvalue weighted by Gasteiger charge is -2.06. The van der Waals surface area contributed by atoms with Crippen LogP contribution in [0, 0.1) is 17.0 Å². The van der Waals surface area contributed by atoms with Gasteiger partial charge in [-0.2, -0.15) is 0 Å². The fraction of sp³-hybridized carbons (Fsp3) is 0.250. The van der Waals surface area contributed by atoms with Crippen LogP contribution in [-0.4, -0.2) is 15.0 Å². The number of benzene rings is 1. The van der Waals surface area contributed by atoms with E-state index in [0.29, 0.717) is 10.5 Å². The van der Waals surface area contributed by atoms with Crippen molar-refractivity contribution in [2.45, 2.75) is 29.2 Å². The van der Waals surface area contributed by atoms with E-state index < -0.39 is 11.0 Å². The van der Waals surface area contributed by atoms with Gasteiger partial charge >= 0.3 is 0 Å². The third-order valence-corrected chi connectivity index (χ3v) is 4.58. The zero-order valence-corrected chi connectivity index (χ0v) is 12.0. The van der Waals surface area contributed by atoms with Gasteiger partial charge in [-0.15, -0.1) is 11.3 Å². The van der Waals surface area contributed by atoms with Crippen LogP contribution < -0.4 is 0 Å². The molecule has 0 saturated heterocycles. The van der Waals surface area contributed by atoms with E-state index in [1.54, 1.807) is 19.1 Å². The second-order valence-corrected chi connectivity index (χ2v) is 6.16. The van der Waals surface area contributed by atoms with Gasteiger partial charge in [0.15, 0.2) is 4.34 Å². The standard InChI is InChI=1S/C12H12N2O3S2/c1-7-6-18-12(13-7)19-11-4-3-9(8(2)15)5-10(11)14(16)17/h3-6,8,15H,1-2H3/t8-/m1/s1.